The van der Waals surface area contributed by atoms with Crippen molar-refractivity contribution in [2.24, 2.45) is 12.0 Å². The lowest BCUT2D eigenvalue weighted by Gasteiger charge is -2.19. The third kappa shape index (κ3) is 6.76. The molecule has 2 heterocycles. The van der Waals surface area contributed by atoms with Crippen molar-refractivity contribution in [3.8, 4) is 0 Å². The van der Waals surface area contributed by atoms with Gasteiger partial charge < -0.3 is 15.7 Å². The zero-order valence-corrected chi connectivity index (χ0v) is 19.1. The number of aromatic nitrogens is 3. The largest absolute Gasteiger partial charge is 0.386 e. The van der Waals surface area contributed by atoms with Gasteiger partial charge in [-0.25, -0.2) is 0 Å². The first kappa shape index (κ1) is 23.4. The zero-order chi connectivity index (χ0) is 19.1. The van der Waals surface area contributed by atoms with Crippen LogP contribution >= 0.6 is 24.0 Å². The van der Waals surface area contributed by atoms with Crippen molar-refractivity contribution in [3.63, 3.8) is 0 Å². The summed E-state index contributed by atoms with van der Waals surface area (Å²) in [6, 6.07) is 3.79. The Morgan fingerprint density at radius 1 is 1.30 bits per heavy atom. The average molecular weight is 486 g/mol. The second-order valence-electron chi connectivity index (χ2n) is 6.54. The van der Waals surface area contributed by atoms with Crippen LogP contribution in [0.3, 0.4) is 0 Å². The highest BCUT2D eigenvalue weighted by molar-refractivity contribution is 14.0. The van der Waals surface area contributed by atoms with Crippen LogP contribution in [0.1, 0.15) is 42.5 Å². The maximum absolute atomic E-state index is 10.3. The topological polar surface area (TPSA) is 87.4 Å². The number of hydrogen-bond acceptors (Lipinski definition) is 4. The van der Waals surface area contributed by atoms with Crippen molar-refractivity contribution in [1.29, 1.82) is 0 Å². The third-order valence-corrected chi connectivity index (χ3v) is 4.41. The monoisotopic (exact) mass is 486 g/mol. The first-order chi connectivity index (χ1) is 12.4. The summed E-state index contributed by atoms with van der Waals surface area (Å²) in [5.74, 6) is 0.701. The van der Waals surface area contributed by atoms with Crippen LogP contribution < -0.4 is 10.6 Å². The van der Waals surface area contributed by atoms with Crippen LogP contribution in [0.25, 0.3) is 0 Å². The number of guanidine groups is 1. The summed E-state index contributed by atoms with van der Waals surface area (Å²) >= 11 is 0. The number of pyridine rings is 1. The number of aliphatic hydroxyl groups excluding tert-OH is 1. The SMILES string of the molecule is CCNC(=NCC(O)c1ccncc1)NC(C)Cc1c(C)nn(C)c1C.I. The summed E-state index contributed by atoms with van der Waals surface area (Å²) in [5, 5.41) is 21.4. The van der Waals surface area contributed by atoms with Gasteiger partial charge in [-0.2, -0.15) is 5.10 Å². The predicted molar refractivity (Wildman–Crippen MR) is 120 cm³/mol. The molecule has 2 rings (SSSR count). The molecule has 3 N–H and O–H groups in total. The van der Waals surface area contributed by atoms with E-state index in [4.69, 9.17) is 0 Å². The third-order valence-electron chi connectivity index (χ3n) is 4.41. The van der Waals surface area contributed by atoms with Gasteiger partial charge in [-0.15, -0.1) is 24.0 Å². The number of rotatable bonds is 7. The smallest absolute Gasteiger partial charge is 0.191 e. The van der Waals surface area contributed by atoms with E-state index in [1.54, 1.807) is 24.5 Å². The van der Waals surface area contributed by atoms with Crippen molar-refractivity contribution in [3.05, 3.63) is 47.0 Å². The summed E-state index contributed by atoms with van der Waals surface area (Å²) in [7, 11) is 1.97. The molecule has 0 bridgehead atoms. The van der Waals surface area contributed by atoms with Gasteiger partial charge in [-0.3, -0.25) is 14.7 Å². The Labute approximate surface area is 178 Å². The highest BCUT2D eigenvalue weighted by atomic mass is 127. The normalized spacial score (nSPS) is 13.6. The number of aryl methyl sites for hydroxylation is 2. The fourth-order valence-corrected chi connectivity index (χ4v) is 2.89. The van der Waals surface area contributed by atoms with Crippen molar-refractivity contribution < 1.29 is 5.11 Å². The van der Waals surface area contributed by atoms with E-state index in [9.17, 15) is 5.11 Å². The molecule has 0 radical (unpaired) electrons. The van der Waals surface area contributed by atoms with E-state index >= 15 is 0 Å². The average Bonchev–Trinajstić information content (AvgIpc) is 2.86. The number of aliphatic hydroxyl groups is 1. The van der Waals surface area contributed by atoms with Crippen LogP contribution in [-0.4, -0.2) is 45.0 Å². The van der Waals surface area contributed by atoms with Crippen LogP contribution in [-0.2, 0) is 13.5 Å². The molecule has 0 aromatic carbocycles. The van der Waals surface area contributed by atoms with E-state index < -0.39 is 6.10 Å². The molecule has 2 aromatic rings. The lowest BCUT2D eigenvalue weighted by Crippen LogP contribution is -2.43. The van der Waals surface area contributed by atoms with E-state index in [2.05, 4.69) is 39.6 Å². The van der Waals surface area contributed by atoms with Gasteiger partial charge in [0.25, 0.3) is 0 Å². The highest BCUT2D eigenvalue weighted by Gasteiger charge is 2.14. The minimum atomic E-state index is -0.647. The Kier molecular flexibility index (Phi) is 9.71. The van der Waals surface area contributed by atoms with Crippen LogP contribution in [0.2, 0.25) is 0 Å². The van der Waals surface area contributed by atoms with Crippen molar-refractivity contribution in [1.82, 2.24) is 25.4 Å². The molecule has 2 aromatic heterocycles. The lowest BCUT2D eigenvalue weighted by atomic mass is 10.1. The van der Waals surface area contributed by atoms with Gasteiger partial charge in [-0.05, 0) is 57.4 Å². The minimum absolute atomic E-state index is 0. The van der Waals surface area contributed by atoms with Gasteiger partial charge in [0.05, 0.1) is 18.3 Å². The van der Waals surface area contributed by atoms with Crippen molar-refractivity contribution in [2.75, 3.05) is 13.1 Å². The molecular formula is C19H31IN6O. The quantitative estimate of drug-likeness (QED) is 0.318. The fraction of sp³-hybridized carbons (Fsp3) is 0.526. The molecule has 0 saturated heterocycles. The van der Waals surface area contributed by atoms with Crippen LogP contribution in [0.5, 0.6) is 0 Å². The standard InChI is InChI=1S/C19H30N6O.HI/c1-6-21-19(22-12-18(26)16-7-9-20-10-8-16)23-13(2)11-17-14(3)24-25(5)15(17)4;/h7-10,13,18,26H,6,11-12H2,1-5H3,(H2,21,22,23);1H. The molecule has 0 fully saturated rings. The van der Waals surface area contributed by atoms with E-state index in [1.807, 2.05) is 25.6 Å². The molecule has 2 unspecified atom stereocenters. The Morgan fingerprint density at radius 3 is 2.52 bits per heavy atom. The Balaban J connectivity index is 0.00000364. The second kappa shape index (κ2) is 11.2. The van der Waals surface area contributed by atoms with Gasteiger partial charge in [0, 0.05) is 37.7 Å². The Morgan fingerprint density at radius 2 is 1.96 bits per heavy atom. The van der Waals surface area contributed by atoms with Gasteiger partial charge >= 0.3 is 0 Å². The van der Waals surface area contributed by atoms with E-state index in [-0.39, 0.29) is 36.6 Å². The molecule has 0 amide bonds. The molecule has 0 spiro atoms. The van der Waals surface area contributed by atoms with Gasteiger partial charge in [-0.1, -0.05) is 0 Å². The van der Waals surface area contributed by atoms with E-state index in [1.165, 1.54) is 11.3 Å². The van der Waals surface area contributed by atoms with Gasteiger partial charge in [0.15, 0.2) is 5.96 Å². The summed E-state index contributed by atoms with van der Waals surface area (Å²) < 4.78 is 1.92. The summed E-state index contributed by atoms with van der Waals surface area (Å²) in [6.07, 6.45) is 3.56. The maximum Gasteiger partial charge on any atom is 0.191 e. The number of aliphatic imine (C=N–C) groups is 1. The number of halogens is 1. The van der Waals surface area contributed by atoms with Gasteiger partial charge in [0.1, 0.15) is 0 Å². The lowest BCUT2D eigenvalue weighted by molar-refractivity contribution is 0.187. The van der Waals surface area contributed by atoms with E-state index in [0.29, 0.717) is 5.96 Å². The molecule has 2 atom stereocenters. The van der Waals surface area contributed by atoms with E-state index in [0.717, 1.165) is 24.2 Å². The Bertz CT molecular complexity index is 731. The van der Waals surface area contributed by atoms with Crippen LogP contribution in [0.15, 0.2) is 29.5 Å². The highest BCUT2D eigenvalue weighted by Crippen LogP contribution is 2.14. The molecule has 0 aliphatic rings. The summed E-state index contributed by atoms with van der Waals surface area (Å²) in [5.41, 5.74) is 4.33. The first-order valence-corrected chi connectivity index (χ1v) is 9.04. The minimum Gasteiger partial charge on any atom is -0.386 e. The number of nitrogens with one attached hydrogen (secondary N) is 2. The molecule has 150 valence electrons. The van der Waals surface area contributed by atoms with Crippen LogP contribution in [0, 0.1) is 13.8 Å². The molecule has 8 heteroatoms. The fourth-order valence-electron chi connectivity index (χ4n) is 2.89. The molecular weight excluding hydrogens is 455 g/mol. The second-order valence-corrected chi connectivity index (χ2v) is 6.54. The molecule has 0 aliphatic carbocycles. The van der Waals surface area contributed by atoms with Crippen molar-refractivity contribution >= 4 is 29.9 Å². The molecule has 7 nitrogen and oxygen atoms in total. The molecule has 0 saturated carbocycles. The maximum atomic E-state index is 10.3. The van der Waals surface area contributed by atoms with Crippen LogP contribution in [0.4, 0.5) is 0 Å². The first-order valence-electron chi connectivity index (χ1n) is 9.04. The Hall–Kier alpha value is -1.68. The number of hydrogen-bond donors (Lipinski definition) is 3. The predicted octanol–water partition coefficient (Wildman–Crippen LogP) is 2.27. The number of nitrogens with zero attached hydrogens (tertiary/aromatic N) is 4. The summed E-state index contributed by atoms with van der Waals surface area (Å²) in [6.45, 7) is 9.33. The zero-order valence-electron chi connectivity index (χ0n) is 16.7. The van der Waals surface area contributed by atoms with Crippen molar-refractivity contribution in [2.45, 2.75) is 46.3 Å². The molecule has 27 heavy (non-hydrogen) atoms. The van der Waals surface area contributed by atoms with Gasteiger partial charge in [0.2, 0.25) is 0 Å². The molecule has 0 aliphatic heterocycles. The summed E-state index contributed by atoms with van der Waals surface area (Å²) in [4.78, 5) is 8.49.